The number of aromatic amines is 1. The Kier molecular flexibility index (Phi) is 6.32. The number of alkyl halides is 3. The number of fused-ring (bicyclic) bond motifs is 1. The quantitative estimate of drug-likeness (QED) is 0.272. The van der Waals surface area contributed by atoms with Crippen molar-refractivity contribution in [3.05, 3.63) is 75.5 Å². The monoisotopic (exact) mass is 541 g/mol. The number of carbonyl (C=O) groups excluding carboxylic acids is 2. The van der Waals surface area contributed by atoms with E-state index in [1.807, 2.05) is 0 Å². The van der Waals surface area contributed by atoms with Gasteiger partial charge in [0.1, 0.15) is 22.9 Å². The van der Waals surface area contributed by atoms with Crippen LogP contribution in [-0.4, -0.2) is 35.2 Å². The van der Waals surface area contributed by atoms with Gasteiger partial charge in [0.05, 0.1) is 26.2 Å². The zero-order chi connectivity index (χ0) is 25.5. The third kappa shape index (κ3) is 4.73. The molecule has 1 atom stereocenters. The third-order valence-electron chi connectivity index (χ3n) is 4.76. The van der Waals surface area contributed by atoms with Crippen LogP contribution in [0.1, 0.15) is 27.6 Å². The molecule has 0 saturated heterocycles. The lowest BCUT2D eigenvalue weighted by molar-refractivity contribution is -0.137. The van der Waals surface area contributed by atoms with Crippen LogP contribution in [-0.2, 0) is 20.7 Å². The molecule has 4 rings (SSSR count). The Morgan fingerprint density at radius 3 is 2.57 bits per heavy atom. The Balaban J connectivity index is 1.84. The van der Waals surface area contributed by atoms with Gasteiger partial charge in [0.25, 0.3) is 0 Å². The van der Waals surface area contributed by atoms with E-state index in [1.54, 1.807) is 19.2 Å². The van der Waals surface area contributed by atoms with E-state index in [0.717, 1.165) is 24.4 Å². The number of anilines is 1. The van der Waals surface area contributed by atoms with Crippen LogP contribution in [0.5, 0.6) is 0 Å². The molecule has 1 aromatic carbocycles. The molecule has 1 unspecified atom stereocenters. The summed E-state index contributed by atoms with van der Waals surface area (Å²) in [5.41, 5.74) is -1.56. The van der Waals surface area contributed by atoms with E-state index in [1.165, 1.54) is 5.23 Å². The van der Waals surface area contributed by atoms with E-state index in [2.05, 4.69) is 24.7 Å². The molecule has 35 heavy (non-hydrogen) atoms. The summed E-state index contributed by atoms with van der Waals surface area (Å²) in [6.07, 6.45) is -2.18. The summed E-state index contributed by atoms with van der Waals surface area (Å²) in [5, 5.41) is 0.964. The van der Waals surface area contributed by atoms with E-state index >= 15 is 0 Å². The highest BCUT2D eigenvalue weighted by atomic mass is 35.5. The van der Waals surface area contributed by atoms with Gasteiger partial charge >= 0.3 is 6.18 Å². The lowest BCUT2D eigenvalue weighted by Gasteiger charge is -2.16. The van der Waals surface area contributed by atoms with Gasteiger partial charge in [-0.2, -0.15) is 13.2 Å². The Morgan fingerprint density at radius 2 is 1.89 bits per heavy atom. The van der Waals surface area contributed by atoms with Gasteiger partial charge in [-0.05, 0) is 37.3 Å². The number of H-pyrrole nitrogens is 1. The second kappa shape index (κ2) is 8.97. The second-order valence-corrected chi connectivity index (χ2v) is 9.92. The minimum atomic E-state index is -4.87. The number of carbonyl (C=O) groups is 1. The van der Waals surface area contributed by atoms with Crippen LogP contribution in [0.2, 0.25) is 10.0 Å². The van der Waals surface area contributed by atoms with Gasteiger partial charge in [-0.15, -0.1) is 0 Å². The van der Waals surface area contributed by atoms with E-state index < -0.39 is 37.1 Å². The maximum atomic E-state index is 13.4. The van der Waals surface area contributed by atoms with Crippen molar-refractivity contribution in [2.45, 2.75) is 18.0 Å². The largest absolute Gasteiger partial charge is 0.417 e. The van der Waals surface area contributed by atoms with Crippen LogP contribution in [0.4, 0.5) is 18.9 Å². The van der Waals surface area contributed by atoms with E-state index in [-0.39, 0.29) is 27.9 Å². The number of benzene rings is 1. The highest BCUT2D eigenvalue weighted by Crippen LogP contribution is 2.36. The normalized spacial score (nSPS) is 13.3. The van der Waals surface area contributed by atoms with E-state index in [9.17, 15) is 27.0 Å². The number of hydrogen-bond donors (Lipinski definition) is 2. The summed E-state index contributed by atoms with van der Waals surface area (Å²) in [4.78, 5) is 39.8. The molecule has 0 aliphatic rings. The van der Waals surface area contributed by atoms with Gasteiger partial charge in [-0.25, -0.2) is 24.0 Å². The van der Waals surface area contributed by atoms with Crippen LogP contribution < -0.4 is 4.72 Å². The van der Waals surface area contributed by atoms with Gasteiger partial charge in [0, 0.05) is 17.8 Å². The first kappa shape index (κ1) is 24.7. The molecule has 0 spiro atoms. The molecule has 0 bridgehead atoms. The van der Waals surface area contributed by atoms with Crippen molar-refractivity contribution >= 4 is 60.6 Å². The standard InChI is InChI=1S/C21H12Cl2F3N5O3S/c1-10-29-17(13-4-5-27-20(13)30-10)19(33)18-16(6-11(22)8-28-18)31-35(34,9-32)12-2-3-15(23)14(7-12)21(24,25)26/h2-8H,1H3,(H,31,34)(H,27,29,30). The Hall–Kier alpha value is -3.44. The molecule has 14 heteroatoms. The molecule has 0 radical (unpaired) electrons. The summed E-state index contributed by atoms with van der Waals surface area (Å²) in [7, 11) is -4.16. The Labute approximate surface area is 205 Å². The molecule has 2 N–H and O–H groups in total. The van der Waals surface area contributed by atoms with Crippen molar-refractivity contribution in [2.24, 2.45) is 0 Å². The number of aromatic nitrogens is 4. The fourth-order valence-electron chi connectivity index (χ4n) is 3.22. The molecule has 3 aromatic heterocycles. The van der Waals surface area contributed by atoms with Gasteiger partial charge in [-0.1, -0.05) is 23.2 Å². The number of ketones is 1. The second-order valence-electron chi connectivity index (χ2n) is 7.12. The molecule has 0 fully saturated rings. The molecule has 180 valence electrons. The van der Waals surface area contributed by atoms with Gasteiger partial charge in [0.15, 0.2) is 9.71 Å². The minimum Gasteiger partial charge on any atom is -0.346 e. The fourth-order valence-corrected chi connectivity index (χ4v) is 4.87. The smallest absolute Gasteiger partial charge is 0.346 e. The van der Waals surface area contributed by atoms with Crippen molar-refractivity contribution in [2.75, 3.05) is 4.72 Å². The van der Waals surface area contributed by atoms with Crippen molar-refractivity contribution in [1.29, 1.82) is 0 Å². The van der Waals surface area contributed by atoms with Gasteiger partial charge in [0.2, 0.25) is 11.0 Å². The van der Waals surface area contributed by atoms with Crippen LogP contribution >= 0.6 is 23.2 Å². The highest BCUT2D eigenvalue weighted by Gasteiger charge is 2.34. The number of rotatable bonds is 5. The third-order valence-corrected chi connectivity index (χ3v) is 6.95. The number of nitrogens with one attached hydrogen (secondary N) is 2. The summed E-state index contributed by atoms with van der Waals surface area (Å²) in [6, 6.07) is 5.03. The van der Waals surface area contributed by atoms with Gasteiger partial charge in [-0.3, -0.25) is 9.52 Å². The van der Waals surface area contributed by atoms with Crippen LogP contribution in [0.25, 0.3) is 11.0 Å². The first-order chi connectivity index (χ1) is 16.4. The molecule has 0 aliphatic carbocycles. The van der Waals surface area contributed by atoms with E-state index in [0.29, 0.717) is 17.1 Å². The summed E-state index contributed by atoms with van der Waals surface area (Å²) < 4.78 is 55.6. The van der Waals surface area contributed by atoms with E-state index in [4.69, 9.17) is 23.2 Å². The lowest BCUT2D eigenvalue weighted by Crippen LogP contribution is -2.19. The fraction of sp³-hybridized carbons (Fsp3) is 0.0952. The maximum absolute atomic E-state index is 13.4. The molecule has 8 nitrogen and oxygen atoms in total. The number of halogens is 5. The zero-order valence-electron chi connectivity index (χ0n) is 17.4. The molecule has 4 aromatic rings. The zero-order valence-corrected chi connectivity index (χ0v) is 19.7. The van der Waals surface area contributed by atoms with Crippen LogP contribution in [0.15, 0.2) is 47.6 Å². The summed E-state index contributed by atoms with van der Waals surface area (Å²) >= 11 is 11.6. The summed E-state index contributed by atoms with van der Waals surface area (Å²) in [5.74, 6) is -0.461. The summed E-state index contributed by atoms with van der Waals surface area (Å²) in [6.45, 7) is 1.57. The number of aryl methyl sites for hydroxylation is 1. The first-order valence-corrected chi connectivity index (χ1v) is 11.8. The van der Waals surface area contributed by atoms with Gasteiger partial charge < -0.3 is 4.98 Å². The Morgan fingerprint density at radius 1 is 1.14 bits per heavy atom. The maximum Gasteiger partial charge on any atom is 0.417 e. The molecular weight excluding hydrogens is 530 g/mol. The minimum absolute atomic E-state index is 0.00514. The number of nitrogens with zero attached hydrogens (tertiary/aromatic N) is 3. The van der Waals surface area contributed by atoms with Crippen LogP contribution in [0.3, 0.4) is 0 Å². The first-order valence-electron chi connectivity index (χ1n) is 9.52. The van der Waals surface area contributed by atoms with Crippen molar-refractivity contribution in [1.82, 2.24) is 19.9 Å². The van der Waals surface area contributed by atoms with Crippen molar-refractivity contribution in [3.8, 4) is 0 Å². The topological polar surface area (TPSA) is 118 Å². The number of hydrogen-bond acceptors (Lipinski definition) is 6. The molecule has 0 amide bonds. The molecule has 3 heterocycles. The molecule has 0 saturated carbocycles. The van der Waals surface area contributed by atoms with Crippen LogP contribution in [0, 0.1) is 6.92 Å². The average Bonchev–Trinajstić information content (AvgIpc) is 3.26. The SMILES string of the molecule is Cc1nc(C(=O)c2ncc(Cl)cc2NS(=O)(=C=O)c2ccc(Cl)c(C(F)(F)F)c2)c2cc[nH]c2n1. The molecular formula is C21H12Cl2F3N5O3S. The predicted octanol–water partition coefficient (Wildman–Crippen LogP) is 4.96. The average molecular weight is 542 g/mol. The van der Waals surface area contributed by atoms with Crippen molar-refractivity contribution < 1.29 is 27.0 Å². The van der Waals surface area contributed by atoms with Crippen molar-refractivity contribution in [3.63, 3.8) is 0 Å². The lowest BCUT2D eigenvalue weighted by atomic mass is 10.1. The highest BCUT2D eigenvalue weighted by molar-refractivity contribution is 8.01. The molecule has 0 aliphatic heterocycles. The Bertz CT molecular complexity index is 1640. The number of pyridine rings is 1. The predicted molar refractivity (Wildman–Crippen MR) is 123 cm³/mol.